The molecule has 274 valence electrons. The maximum atomic E-state index is 12.6. The Morgan fingerprint density at radius 1 is 1.02 bits per heavy atom. The van der Waals surface area contributed by atoms with E-state index >= 15 is 0 Å². The lowest BCUT2D eigenvalue weighted by molar-refractivity contribution is -0.148. The Kier molecular flexibility index (Phi) is 11.7. The van der Waals surface area contributed by atoms with Crippen LogP contribution in [0.15, 0.2) is 71.9 Å². The molecule has 2 aliphatic heterocycles. The van der Waals surface area contributed by atoms with Gasteiger partial charge in [-0.3, -0.25) is 14.7 Å². The average molecular weight is 749 g/mol. The average Bonchev–Trinajstić information content (AvgIpc) is 3.14. The van der Waals surface area contributed by atoms with Crippen LogP contribution in [0.25, 0.3) is 11.1 Å². The maximum Gasteiger partial charge on any atom is 0.323 e. The Hall–Kier alpha value is -4.65. The van der Waals surface area contributed by atoms with E-state index in [1.807, 2.05) is 43.3 Å². The fourth-order valence-electron chi connectivity index (χ4n) is 6.47. The van der Waals surface area contributed by atoms with Gasteiger partial charge in [0.1, 0.15) is 49.8 Å². The summed E-state index contributed by atoms with van der Waals surface area (Å²) in [5, 5.41) is 0.375. The summed E-state index contributed by atoms with van der Waals surface area (Å²) in [6.07, 6.45) is 7.30. The number of sulfone groups is 1. The zero-order valence-electron chi connectivity index (χ0n) is 29.3. The third kappa shape index (κ3) is 8.68. The van der Waals surface area contributed by atoms with Crippen LogP contribution in [0.4, 0.5) is 0 Å². The van der Waals surface area contributed by atoms with Crippen molar-refractivity contribution in [2.75, 3.05) is 26.5 Å². The molecule has 13 heteroatoms. The Morgan fingerprint density at radius 2 is 1.85 bits per heavy atom. The summed E-state index contributed by atoms with van der Waals surface area (Å²) in [5.74, 6) is 1.83. The number of carbonyl (C=O) groups excluding carboxylic acids is 2. The second kappa shape index (κ2) is 16.4. The molecule has 2 atom stereocenters. The Balaban J connectivity index is 1.25. The fourth-order valence-corrected chi connectivity index (χ4v) is 7.33. The van der Waals surface area contributed by atoms with E-state index in [2.05, 4.69) is 9.88 Å². The molecule has 1 fully saturated rings. The molecule has 1 saturated heterocycles. The molecule has 0 bridgehead atoms. The summed E-state index contributed by atoms with van der Waals surface area (Å²) in [5.41, 5.74) is 5.18. The van der Waals surface area contributed by atoms with Gasteiger partial charge in [-0.25, -0.2) is 8.42 Å². The van der Waals surface area contributed by atoms with E-state index in [-0.39, 0.29) is 42.6 Å². The van der Waals surface area contributed by atoms with Gasteiger partial charge < -0.3 is 28.5 Å². The van der Waals surface area contributed by atoms with Crippen LogP contribution < -0.4 is 18.9 Å². The van der Waals surface area contributed by atoms with E-state index in [0.29, 0.717) is 59.7 Å². The van der Waals surface area contributed by atoms with Crippen LogP contribution in [-0.2, 0) is 43.9 Å². The molecule has 3 aromatic carbocycles. The van der Waals surface area contributed by atoms with E-state index in [9.17, 15) is 18.0 Å². The minimum Gasteiger partial charge on any atom is -0.488 e. The molecule has 4 aromatic rings. The summed E-state index contributed by atoms with van der Waals surface area (Å²) in [4.78, 5) is 29.9. The molecule has 0 radical (unpaired) electrons. The van der Waals surface area contributed by atoms with Crippen LogP contribution in [0.2, 0.25) is 5.02 Å². The first-order valence-electron chi connectivity index (χ1n) is 17.0. The molecule has 0 spiro atoms. The van der Waals surface area contributed by atoms with Crippen molar-refractivity contribution in [2.45, 2.75) is 69.4 Å². The summed E-state index contributed by atoms with van der Waals surface area (Å²) < 4.78 is 53.9. The van der Waals surface area contributed by atoms with Crippen LogP contribution >= 0.6 is 11.6 Å². The summed E-state index contributed by atoms with van der Waals surface area (Å²) >= 11 is 6.85. The number of ether oxygens (including phenoxy) is 5. The molecule has 0 saturated carbocycles. The predicted octanol–water partition coefficient (Wildman–Crippen LogP) is 6.53. The van der Waals surface area contributed by atoms with Crippen molar-refractivity contribution in [1.29, 1.82) is 0 Å². The molecule has 6 rings (SSSR count). The minimum absolute atomic E-state index is 0.0391. The second-order valence-corrected chi connectivity index (χ2v) is 15.4. The molecule has 2 aliphatic rings. The highest BCUT2D eigenvalue weighted by Gasteiger charge is 2.30. The van der Waals surface area contributed by atoms with Crippen LogP contribution in [0.1, 0.15) is 47.9 Å². The van der Waals surface area contributed by atoms with E-state index in [1.165, 1.54) is 19.4 Å². The Morgan fingerprint density at radius 3 is 2.63 bits per heavy atom. The van der Waals surface area contributed by atoms with Gasteiger partial charge in [0.05, 0.1) is 17.0 Å². The van der Waals surface area contributed by atoms with E-state index in [4.69, 9.17) is 35.3 Å². The number of piperidine rings is 1. The molecule has 2 unspecified atom stereocenters. The number of hydrogen-bond acceptors (Lipinski definition) is 11. The van der Waals surface area contributed by atoms with Crippen molar-refractivity contribution in [1.82, 2.24) is 9.88 Å². The van der Waals surface area contributed by atoms with Crippen molar-refractivity contribution >= 4 is 33.7 Å². The molecule has 0 N–H and O–H groups in total. The standard InChI is InChI=1S/C39H41ClN2O9S/c1-25-28(7-6-8-32(25)27-10-11-35-38(17-27)51-30(12-14-43)24-50-35)23-49-37-18-36(48-22-26-15-31(20-41-19-26)52(3,45)46)29(16-33(37)40)21-42-13-5-4-9-34(42)39(44)47-2/h6-8,10-11,14-20,30,34H,4-5,9,12-13,21-24H2,1-3H3. The highest BCUT2D eigenvalue weighted by atomic mass is 35.5. The second-order valence-electron chi connectivity index (χ2n) is 13.0. The van der Waals surface area contributed by atoms with E-state index < -0.39 is 9.84 Å². The fraction of sp³-hybridized carbons (Fsp3) is 0.359. The zero-order valence-corrected chi connectivity index (χ0v) is 30.9. The lowest BCUT2D eigenvalue weighted by atomic mass is 9.96. The molecule has 0 aliphatic carbocycles. The molecule has 3 heterocycles. The number of halogens is 1. The van der Waals surface area contributed by atoms with Crippen LogP contribution in [0.5, 0.6) is 23.0 Å². The van der Waals surface area contributed by atoms with Gasteiger partial charge in [0, 0.05) is 48.8 Å². The first-order valence-corrected chi connectivity index (χ1v) is 19.3. The normalized spacial score (nSPS) is 17.3. The van der Waals surface area contributed by atoms with Crippen molar-refractivity contribution < 1.29 is 41.7 Å². The highest BCUT2D eigenvalue weighted by molar-refractivity contribution is 7.90. The number of carbonyl (C=O) groups is 2. The largest absolute Gasteiger partial charge is 0.488 e. The van der Waals surface area contributed by atoms with Crippen LogP contribution in [0, 0.1) is 6.92 Å². The van der Waals surface area contributed by atoms with Crippen molar-refractivity contribution in [3.63, 3.8) is 0 Å². The third-order valence-corrected chi connectivity index (χ3v) is 10.7. The monoisotopic (exact) mass is 748 g/mol. The number of esters is 1. The summed E-state index contributed by atoms with van der Waals surface area (Å²) in [6, 6.07) is 16.4. The van der Waals surface area contributed by atoms with E-state index in [0.717, 1.165) is 53.2 Å². The quantitative estimate of drug-likeness (QED) is 0.109. The van der Waals surface area contributed by atoms with Gasteiger partial charge in [-0.1, -0.05) is 42.3 Å². The molecule has 11 nitrogen and oxygen atoms in total. The van der Waals surface area contributed by atoms with Gasteiger partial charge in [-0.05, 0) is 72.8 Å². The Bertz CT molecular complexity index is 2060. The first kappa shape index (κ1) is 37.1. The maximum absolute atomic E-state index is 12.6. The molecule has 52 heavy (non-hydrogen) atoms. The topological polar surface area (TPSA) is 131 Å². The van der Waals surface area contributed by atoms with Gasteiger partial charge in [0.2, 0.25) is 0 Å². The highest BCUT2D eigenvalue weighted by Crippen LogP contribution is 2.39. The number of likely N-dealkylation sites (tertiary alicyclic amines) is 1. The third-order valence-electron chi connectivity index (χ3n) is 9.33. The number of hydrogen-bond donors (Lipinski definition) is 0. The minimum atomic E-state index is -3.46. The van der Waals surface area contributed by atoms with Crippen LogP contribution in [0.3, 0.4) is 0 Å². The summed E-state index contributed by atoms with van der Waals surface area (Å²) in [7, 11) is -2.07. The number of rotatable bonds is 13. The molecule has 1 aromatic heterocycles. The van der Waals surface area contributed by atoms with E-state index in [1.54, 1.807) is 18.3 Å². The SMILES string of the molecule is COC(=O)C1CCCCN1Cc1cc(Cl)c(OCc2cccc(-c3ccc4c(c3)OC(CC=O)CO4)c2C)cc1OCc1cncc(S(C)(=O)=O)c1. The van der Waals surface area contributed by atoms with Gasteiger partial charge >= 0.3 is 5.97 Å². The van der Waals surface area contributed by atoms with Crippen molar-refractivity contribution in [3.8, 4) is 34.1 Å². The Labute approximate surface area is 308 Å². The molecule has 0 amide bonds. The first-order chi connectivity index (χ1) is 25.0. The van der Waals surface area contributed by atoms with Gasteiger partial charge in [-0.15, -0.1) is 0 Å². The number of fused-ring (bicyclic) bond motifs is 1. The van der Waals surface area contributed by atoms with Gasteiger partial charge in [0.25, 0.3) is 0 Å². The summed E-state index contributed by atoms with van der Waals surface area (Å²) in [6.45, 7) is 3.68. The van der Waals surface area contributed by atoms with Gasteiger partial charge in [-0.2, -0.15) is 0 Å². The lowest BCUT2D eigenvalue weighted by Gasteiger charge is -2.34. The number of aromatic nitrogens is 1. The number of nitrogens with zero attached hydrogens (tertiary/aromatic N) is 2. The van der Waals surface area contributed by atoms with Crippen LogP contribution in [-0.4, -0.2) is 69.2 Å². The zero-order chi connectivity index (χ0) is 36.8. The number of aldehydes is 1. The number of pyridine rings is 1. The molecular weight excluding hydrogens is 708 g/mol. The number of methoxy groups -OCH3 is 1. The number of benzene rings is 3. The van der Waals surface area contributed by atoms with Crippen molar-refractivity contribution in [2.24, 2.45) is 0 Å². The molecular formula is C39H41ClN2O9S. The van der Waals surface area contributed by atoms with Gasteiger partial charge in [0.15, 0.2) is 21.3 Å². The lowest BCUT2D eigenvalue weighted by Crippen LogP contribution is -2.44. The van der Waals surface area contributed by atoms with Crippen molar-refractivity contribution in [3.05, 3.63) is 94.3 Å². The predicted molar refractivity (Wildman–Crippen MR) is 195 cm³/mol. The smallest absolute Gasteiger partial charge is 0.323 e.